The topological polar surface area (TPSA) is 68.6 Å². The summed E-state index contributed by atoms with van der Waals surface area (Å²) in [5, 5.41) is 7.55. The van der Waals surface area contributed by atoms with E-state index in [2.05, 4.69) is 27.4 Å². The fraction of sp³-hybridized carbons (Fsp3) is 0.360. The number of methoxy groups -OCH3 is 1. The highest BCUT2D eigenvalue weighted by Gasteiger charge is 2.23. The lowest BCUT2D eigenvalue weighted by Gasteiger charge is -2.35. The van der Waals surface area contributed by atoms with Gasteiger partial charge in [-0.15, -0.1) is 0 Å². The Bertz CT molecular complexity index is 982. The van der Waals surface area contributed by atoms with Crippen molar-refractivity contribution in [2.75, 3.05) is 40.0 Å². The first-order valence-corrected chi connectivity index (χ1v) is 11.0. The molecule has 1 fully saturated rings. The van der Waals surface area contributed by atoms with Crippen molar-refractivity contribution in [1.29, 1.82) is 0 Å². The van der Waals surface area contributed by atoms with E-state index in [4.69, 9.17) is 9.47 Å². The molecule has 2 aromatic carbocycles. The highest BCUT2D eigenvalue weighted by molar-refractivity contribution is 5.76. The standard InChI is InChI=1S/C25H30N4O3/c1-31-23-10-8-21(9-11-23)24(28-13-15-32-16-14-28)18-26-25(30)12-7-20-17-27-29(19-20)22-5-3-2-4-6-22/h2-6,8-11,17,19,24H,7,12-16,18H2,1H3,(H,26,30). The lowest BCUT2D eigenvalue weighted by molar-refractivity contribution is -0.121. The molecule has 7 heteroatoms. The number of ether oxygens (including phenoxy) is 2. The molecule has 1 unspecified atom stereocenters. The van der Waals surface area contributed by atoms with Crippen molar-refractivity contribution >= 4 is 5.91 Å². The van der Waals surface area contributed by atoms with Gasteiger partial charge in [0.15, 0.2) is 0 Å². The van der Waals surface area contributed by atoms with Gasteiger partial charge < -0.3 is 14.8 Å². The number of benzene rings is 2. The van der Waals surface area contributed by atoms with Crippen LogP contribution in [0.15, 0.2) is 67.0 Å². The smallest absolute Gasteiger partial charge is 0.220 e. The quantitative estimate of drug-likeness (QED) is 0.561. The van der Waals surface area contributed by atoms with Gasteiger partial charge in [0, 0.05) is 32.3 Å². The molecule has 1 aliphatic heterocycles. The minimum absolute atomic E-state index is 0.0456. The average Bonchev–Trinajstić information content (AvgIpc) is 3.34. The Morgan fingerprint density at radius 1 is 1.12 bits per heavy atom. The van der Waals surface area contributed by atoms with Crippen LogP contribution in [-0.4, -0.2) is 60.5 Å². The van der Waals surface area contributed by atoms with Gasteiger partial charge in [0.2, 0.25) is 5.91 Å². The Labute approximate surface area is 188 Å². The molecule has 1 atom stereocenters. The maximum Gasteiger partial charge on any atom is 0.220 e. The van der Waals surface area contributed by atoms with E-state index < -0.39 is 0 Å². The lowest BCUT2D eigenvalue weighted by Crippen LogP contribution is -2.43. The minimum Gasteiger partial charge on any atom is -0.497 e. The summed E-state index contributed by atoms with van der Waals surface area (Å²) in [6.07, 6.45) is 4.90. The third-order valence-electron chi connectivity index (χ3n) is 5.78. The van der Waals surface area contributed by atoms with E-state index >= 15 is 0 Å². The normalized spacial score (nSPS) is 15.3. The Balaban J connectivity index is 1.33. The van der Waals surface area contributed by atoms with Crippen LogP contribution in [0.2, 0.25) is 0 Å². The molecule has 0 aliphatic carbocycles. The molecule has 0 bridgehead atoms. The molecule has 0 radical (unpaired) electrons. The number of aromatic nitrogens is 2. The van der Waals surface area contributed by atoms with Gasteiger partial charge in [0.25, 0.3) is 0 Å². The molecule has 1 amide bonds. The zero-order valence-electron chi connectivity index (χ0n) is 18.4. The molecule has 0 saturated carbocycles. The van der Waals surface area contributed by atoms with Crippen LogP contribution in [0.25, 0.3) is 5.69 Å². The number of morpholine rings is 1. The Morgan fingerprint density at radius 3 is 2.59 bits per heavy atom. The third kappa shape index (κ3) is 5.75. The Hall–Kier alpha value is -3.16. The van der Waals surface area contributed by atoms with Crippen LogP contribution >= 0.6 is 0 Å². The van der Waals surface area contributed by atoms with E-state index in [1.165, 1.54) is 0 Å². The van der Waals surface area contributed by atoms with Crippen LogP contribution in [0.1, 0.15) is 23.6 Å². The molecule has 32 heavy (non-hydrogen) atoms. The molecule has 1 saturated heterocycles. The van der Waals surface area contributed by atoms with Gasteiger partial charge in [-0.1, -0.05) is 30.3 Å². The van der Waals surface area contributed by atoms with Gasteiger partial charge in [0.1, 0.15) is 5.75 Å². The summed E-state index contributed by atoms with van der Waals surface area (Å²) in [6, 6.07) is 18.2. The number of carbonyl (C=O) groups excluding carboxylic acids is 1. The van der Waals surface area contributed by atoms with Gasteiger partial charge in [-0.05, 0) is 41.8 Å². The summed E-state index contributed by atoms with van der Waals surface area (Å²) in [5.74, 6) is 0.874. The number of hydrogen-bond donors (Lipinski definition) is 1. The zero-order valence-corrected chi connectivity index (χ0v) is 18.4. The molecular formula is C25H30N4O3. The number of carbonyl (C=O) groups is 1. The molecule has 2 heterocycles. The highest BCUT2D eigenvalue weighted by atomic mass is 16.5. The van der Waals surface area contributed by atoms with E-state index in [1.54, 1.807) is 7.11 Å². The predicted molar refractivity (Wildman–Crippen MR) is 123 cm³/mol. The van der Waals surface area contributed by atoms with Gasteiger partial charge in [-0.3, -0.25) is 9.69 Å². The summed E-state index contributed by atoms with van der Waals surface area (Å²) in [4.78, 5) is 15.0. The average molecular weight is 435 g/mol. The lowest BCUT2D eigenvalue weighted by atomic mass is 10.0. The molecule has 3 aromatic rings. The van der Waals surface area contributed by atoms with Crippen molar-refractivity contribution in [1.82, 2.24) is 20.0 Å². The van der Waals surface area contributed by atoms with Gasteiger partial charge >= 0.3 is 0 Å². The maximum absolute atomic E-state index is 12.6. The van der Waals surface area contributed by atoms with Crippen LogP contribution in [0.5, 0.6) is 5.75 Å². The molecule has 1 aromatic heterocycles. The number of para-hydroxylation sites is 1. The van der Waals surface area contributed by atoms with E-state index in [0.717, 1.165) is 35.7 Å². The fourth-order valence-corrected chi connectivity index (χ4v) is 3.94. The van der Waals surface area contributed by atoms with Crippen LogP contribution in [-0.2, 0) is 16.0 Å². The van der Waals surface area contributed by atoms with Crippen LogP contribution in [0.4, 0.5) is 0 Å². The van der Waals surface area contributed by atoms with Gasteiger partial charge in [-0.2, -0.15) is 5.10 Å². The molecule has 1 N–H and O–H groups in total. The van der Waals surface area contributed by atoms with Crippen molar-refractivity contribution in [2.24, 2.45) is 0 Å². The second kappa shape index (κ2) is 10.9. The van der Waals surface area contributed by atoms with E-state index in [9.17, 15) is 4.79 Å². The fourth-order valence-electron chi connectivity index (χ4n) is 3.94. The van der Waals surface area contributed by atoms with Crippen LogP contribution < -0.4 is 10.1 Å². The number of rotatable bonds is 9. The summed E-state index contributed by atoms with van der Waals surface area (Å²) < 4.78 is 12.6. The van der Waals surface area contributed by atoms with Crippen molar-refractivity contribution in [3.8, 4) is 11.4 Å². The van der Waals surface area contributed by atoms with E-state index in [0.29, 0.717) is 32.6 Å². The van der Waals surface area contributed by atoms with Crippen molar-refractivity contribution in [2.45, 2.75) is 18.9 Å². The summed E-state index contributed by atoms with van der Waals surface area (Å²) in [6.45, 7) is 3.70. The summed E-state index contributed by atoms with van der Waals surface area (Å²) in [5.41, 5.74) is 3.22. The SMILES string of the molecule is COc1ccc(C(CNC(=O)CCc2cnn(-c3ccccc3)c2)N2CCOCC2)cc1. The number of nitrogens with one attached hydrogen (secondary N) is 1. The number of aryl methyl sites for hydroxylation is 1. The summed E-state index contributed by atoms with van der Waals surface area (Å²) in [7, 11) is 1.66. The highest BCUT2D eigenvalue weighted by Crippen LogP contribution is 2.23. The number of amides is 1. The zero-order chi connectivity index (χ0) is 22.2. The molecule has 7 nitrogen and oxygen atoms in total. The Morgan fingerprint density at radius 2 is 1.88 bits per heavy atom. The third-order valence-corrected chi connectivity index (χ3v) is 5.78. The largest absolute Gasteiger partial charge is 0.497 e. The molecule has 0 spiro atoms. The molecule has 4 rings (SSSR count). The van der Waals surface area contributed by atoms with Crippen molar-refractivity contribution in [3.63, 3.8) is 0 Å². The first-order chi connectivity index (χ1) is 15.7. The molecule has 168 valence electrons. The number of hydrogen-bond acceptors (Lipinski definition) is 5. The number of nitrogens with zero attached hydrogens (tertiary/aromatic N) is 3. The van der Waals surface area contributed by atoms with Gasteiger partial charge in [0.05, 0.1) is 38.2 Å². The van der Waals surface area contributed by atoms with Crippen LogP contribution in [0, 0.1) is 0 Å². The van der Waals surface area contributed by atoms with Crippen molar-refractivity contribution in [3.05, 3.63) is 78.1 Å². The maximum atomic E-state index is 12.6. The van der Waals surface area contributed by atoms with Crippen LogP contribution in [0.3, 0.4) is 0 Å². The summed E-state index contributed by atoms with van der Waals surface area (Å²) >= 11 is 0. The van der Waals surface area contributed by atoms with Gasteiger partial charge in [-0.25, -0.2) is 4.68 Å². The first-order valence-electron chi connectivity index (χ1n) is 11.0. The molecule has 1 aliphatic rings. The minimum atomic E-state index is 0.0456. The second-order valence-corrected chi connectivity index (χ2v) is 7.87. The van der Waals surface area contributed by atoms with E-state index in [-0.39, 0.29) is 11.9 Å². The predicted octanol–water partition coefficient (Wildman–Crippen LogP) is 3.00. The van der Waals surface area contributed by atoms with Crippen molar-refractivity contribution < 1.29 is 14.3 Å². The Kier molecular flexibility index (Phi) is 7.53. The molecular weight excluding hydrogens is 404 g/mol. The monoisotopic (exact) mass is 434 g/mol. The first kappa shape index (κ1) is 22.0. The van der Waals surface area contributed by atoms with E-state index in [1.807, 2.05) is 59.5 Å². The second-order valence-electron chi connectivity index (χ2n) is 7.87.